The molecule has 0 unspecified atom stereocenters. The van der Waals surface area contributed by atoms with E-state index in [0.29, 0.717) is 10.9 Å². The largest absolute Gasteiger partial charge is 0.465 e. The average molecular weight is 350 g/mol. The fraction of sp³-hybridized carbons (Fsp3) is 0.471. The molecule has 1 aliphatic heterocycles. The topological polar surface area (TPSA) is 68.6 Å². The average Bonchev–Trinajstić information content (AvgIpc) is 2.90. The molecule has 0 bridgehead atoms. The summed E-state index contributed by atoms with van der Waals surface area (Å²) in [6.07, 6.45) is 1.72. The van der Waals surface area contributed by atoms with E-state index in [1.165, 1.54) is 0 Å². The van der Waals surface area contributed by atoms with Crippen LogP contribution in [-0.2, 0) is 14.3 Å². The fourth-order valence-electron chi connectivity index (χ4n) is 2.86. The Bertz CT molecular complexity index is 718. The van der Waals surface area contributed by atoms with E-state index in [-0.39, 0.29) is 13.2 Å². The number of imide groups is 1. The van der Waals surface area contributed by atoms with Crippen LogP contribution in [0.4, 0.5) is 4.79 Å². The zero-order chi connectivity index (χ0) is 18.0. The van der Waals surface area contributed by atoms with Crippen molar-refractivity contribution in [1.82, 2.24) is 9.47 Å². The lowest BCUT2D eigenvalue weighted by Gasteiger charge is -2.13. The zero-order valence-electron chi connectivity index (χ0n) is 14.6. The van der Waals surface area contributed by atoms with Gasteiger partial charge in [0.15, 0.2) is 0 Å². The smallest absolute Gasteiger partial charge is 0.326 e. The molecule has 2 amide bonds. The van der Waals surface area contributed by atoms with Gasteiger partial charge in [0.1, 0.15) is 6.54 Å². The first-order chi connectivity index (χ1) is 11.3. The number of carbonyl (C=O) groups is 3. The quantitative estimate of drug-likeness (QED) is 0.602. The molecule has 24 heavy (non-hydrogen) atoms. The van der Waals surface area contributed by atoms with Gasteiger partial charge in [-0.3, -0.25) is 19.3 Å². The predicted octanol–water partition coefficient (Wildman–Crippen LogP) is 3.29. The molecule has 2 heterocycles. The minimum atomic E-state index is -0.584. The summed E-state index contributed by atoms with van der Waals surface area (Å²) in [6, 6.07) is 2.31. The summed E-state index contributed by atoms with van der Waals surface area (Å²) in [6.45, 7) is 9.73. The Kier molecular flexibility index (Phi) is 5.54. The van der Waals surface area contributed by atoms with Crippen molar-refractivity contribution in [2.75, 3.05) is 13.2 Å². The van der Waals surface area contributed by atoms with Crippen molar-refractivity contribution >= 4 is 35.0 Å². The van der Waals surface area contributed by atoms with Crippen LogP contribution in [0.5, 0.6) is 0 Å². The Labute approximate surface area is 145 Å². The maximum absolute atomic E-state index is 12.4. The highest BCUT2D eigenvalue weighted by Crippen LogP contribution is 2.33. The number of hydrogen-bond acceptors (Lipinski definition) is 5. The molecule has 1 aliphatic rings. The molecule has 6 nitrogen and oxygen atoms in total. The van der Waals surface area contributed by atoms with Gasteiger partial charge >= 0.3 is 5.97 Å². The number of aryl methyl sites for hydroxylation is 1. The molecule has 0 aliphatic carbocycles. The SMILES string of the molecule is CCOC(=O)CN1C(=O)SC(=Cc2cc(C)n(C(C)C)c2C)C1=O. The van der Waals surface area contributed by atoms with E-state index in [0.717, 1.165) is 33.6 Å². The lowest BCUT2D eigenvalue weighted by Crippen LogP contribution is -2.34. The van der Waals surface area contributed by atoms with Crippen molar-refractivity contribution in [2.45, 2.75) is 40.7 Å². The number of hydrogen-bond donors (Lipinski definition) is 0. The monoisotopic (exact) mass is 350 g/mol. The molecule has 1 aromatic rings. The molecular formula is C17H22N2O4S. The first-order valence-corrected chi connectivity index (χ1v) is 8.67. The molecule has 1 saturated heterocycles. The molecule has 0 spiro atoms. The first kappa shape index (κ1) is 18.3. The van der Waals surface area contributed by atoms with E-state index < -0.39 is 17.1 Å². The highest BCUT2D eigenvalue weighted by Gasteiger charge is 2.36. The van der Waals surface area contributed by atoms with Gasteiger partial charge in [0.25, 0.3) is 11.1 Å². The Morgan fingerprint density at radius 3 is 2.54 bits per heavy atom. The summed E-state index contributed by atoms with van der Waals surface area (Å²) in [5.74, 6) is -1.04. The van der Waals surface area contributed by atoms with Gasteiger partial charge in [0.2, 0.25) is 0 Å². The van der Waals surface area contributed by atoms with Gasteiger partial charge in [0.05, 0.1) is 11.5 Å². The second-order valence-corrected chi connectivity index (χ2v) is 6.86. The number of ether oxygens (including phenoxy) is 1. The molecular weight excluding hydrogens is 328 g/mol. The second-order valence-electron chi connectivity index (χ2n) is 5.86. The third-order valence-corrected chi connectivity index (χ3v) is 4.70. The van der Waals surface area contributed by atoms with Crippen molar-refractivity contribution < 1.29 is 19.1 Å². The molecule has 1 aromatic heterocycles. The molecule has 1 fully saturated rings. The van der Waals surface area contributed by atoms with Gasteiger partial charge < -0.3 is 9.30 Å². The van der Waals surface area contributed by atoms with Crippen LogP contribution in [0, 0.1) is 13.8 Å². The molecule has 0 radical (unpaired) electrons. The Hall–Kier alpha value is -2.02. The molecule has 0 atom stereocenters. The number of nitrogens with zero attached hydrogens (tertiary/aromatic N) is 2. The Balaban J connectivity index is 2.26. The minimum Gasteiger partial charge on any atom is -0.465 e. The Morgan fingerprint density at radius 2 is 2.00 bits per heavy atom. The van der Waals surface area contributed by atoms with Crippen molar-refractivity contribution in [1.29, 1.82) is 0 Å². The second kappa shape index (κ2) is 7.25. The fourth-order valence-corrected chi connectivity index (χ4v) is 3.69. The van der Waals surface area contributed by atoms with Crippen LogP contribution in [0.3, 0.4) is 0 Å². The number of amides is 2. The number of rotatable bonds is 5. The van der Waals surface area contributed by atoms with Gasteiger partial charge in [-0.25, -0.2) is 0 Å². The van der Waals surface area contributed by atoms with Crippen LogP contribution >= 0.6 is 11.8 Å². The number of aromatic nitrogens is 1. The van der Waals surface area contributed by atoms with Crippen molar-refractivity contribution in [3.05, 3.63) is 27.9 Å². The molecule has 130 valence electrons. The molecule has 0 aromatic carbocycles. The number of esters is 1. The first-order valence-electron chi connectivity index (χ1n) is 7.85. The van der Waals surface area contributed by atoms with Crippen LogP contribution in [0.15, 0.2) is 11.0 Å². The third-order valence-electron chi connectivity index (χ3n) is 3.79. The summed E-state index contributed by atoms with van der Waals surface area (Å²) < 4.78 is 6.98. The van der Waals surface area contributed by atoms with Crippen molar-refractivity contribution in [2.24, 2.45) is 0 Å². The van der Waals surface area contributed by atoms with Gasteiger partial charge in [-0.2, -0.15) is 0 Å². The summed E-state index contributed by atoms with van der Waals surface area (Å²) in [5, 5.41) is -0.447. The van der Waals surface area contributed by atoms with Crippen LogP contribution in [0.2, 0.25) is 0 Å². The van der Waals surface area contributed by atoms with E-state index in [9.17, 15) is 14.4 Å². The van der Waals surface area contributed by atoms with Crippen LogP contribution < -0.4 is 0 Å². The lowest BCUT2D eigenvalue weighted by atomic mass is 10.2. The molecule has 2 rings (SSSR count). The summed E-state index contributed by atoms with van der Waals surface area (Å²) in [4.78, 5) is 37.2. The van der Waals surface area contributed by atoms with Crippen LogP contribution in [0.25, 0.3) is 6.08 Å². The Morgan fingerprint density at radius 1 is 1.33 bits per heavy atom. The van der Waals surface area contributed by atoms with Gasteiger partial charge in [-0.1, -0.05) is 0 Å². The van der Waals surface area contributed by atoms with E-state index in [1.807, 2.05) is 19.9 Å². The summed E-state index contributed by atoms with van der Waals surface area (Å²) in [7, 11) is 0. The van der Waals surface area contributed by atoms with Gasteiger partial charge in [-0.15, -0.1) is 0 Å². The van der Waals surface area contributed by atoms with Crippen LogP contribution in [-0.4, -0.2) is 39.7 Å². The summed E-state index contributed by atoms with van der Waals surface area (Å²) in [5.41, 5.74) is 3.04. The van der Waals surface area contributed by atoms with E-state index in [4.69, 9.17) is 4.74 Å². The highest BCUT2D eigenvalue weighted by atomic mass is 32.2. The predicted molar refractivity (Wildman–Crippen MR) is 93.6 cm³/mol. The lowest BCUT2D eigenvalue weighted by molar-refractivity contribution is -0.145. The zero-order valence-corrected chi connectivity index (χ0v) is 15.4. The van der Waals surface area contributed by atoms with Crippen LogP contribution in [0.1, 0.15) is 43.8 Å². The maximum Gasteiger partial charge on any atom is 0.326 e. The maximum atomic E-state index is 12.4. The van der Waals surface area contributed by atoms with E-state index >= 15 is 0 Å². The van der Waals surface area contributed by atoms with E-state index in [2.05, 4.69) is 18.4 Å². The minimum absolute atomic E-state index is 0.214. The standard InChI is InChI=1S/C17H22N2O4S/c1-6-23-15(20)9-18-16(21)14(24-17(18)22)8-13-7-11(4)19(10(2)3)12(13)5/h7-8,10H,6,9H2,1-5H3. The third kappa shape index (κ3) is 3.56. The highest BCUT2D eigenvalue weighted by molar-refractivity contribution is 8.18. The molecule has 0 N–H and O–H groups in total. The summed E-state index contributed by atoms with van der Waals surface area (Å²) >= 11 is 0.850. The molecule has 7 heteroatoms. The number of carbonyl (C=O) groups excluding carboxylic acids is 3. The van der Waals surface area contributed by atoms with E-state index in [1.54, 1.807) is 13.0 Å². The normalized spacial score (nSPS) is 16.6. The van der Waals surface area contributed by atoms with Crippen molar-refractivity contribution in [3.63, 3.8) is 0 Å². The number of thioether (sulfide) groups is 1. The van der Waals surface area contributed by atoms with Gasteiger partial charge in [-0.05, 0) is 64.1 Å². The van der Waals surface area contributed by atoms with Gasteiger partial charge in [0, 0.05) is 17.4 Å². The molecule has 0 saturated carbocycles. The van der Waals surface area contributed by atoms with Crippen molar-refractivity contribution in [3.8, 4) is 0 Å².